The Bertz CT molecular complexity index is 151. The Labute approximate surface area is 100 Å². The third-order valence-corrected chi connectivity index (χ3v) is 3.09. The zero-order valence-electron chi connectivity index (χ0n) is 11.6. The molecule has 0 aromatic heterocycles. The molecule has 0 heterocycles. The summed E-state index contributed by atoms with van der Waals surface area (Å²) in [5.74, 6) is 0.366. The van der Waals surface area contributed by atoms with Gasteiger partial charge in [0.25, 0.3) is 0 Å². The minimum atomic E-state index is -0.241. The molecule has 2 atom stereocenters. The van der Waals surface area contributed by atoms with Gasteiger partial charge in [0.2, 0.25) is 0 Å². The van der Waals surface area contributed by atoms with E-state index in [0.717, 1.165) is 0 Å². The first-order valence-corrected chi connectivity index (χ1v) is 5.76. The first kappa shape index (κ1) is 18.2. The molecule has 100 valence electrons. The van der Waals surface area contributed by atoms with Gasteiger partial charge in [-0.25, -0.2) is 0 Å². The normalized spacial score (nSPS) is 16.1. The zero-order valence-corrected chi connectivity index (χ0v) is 11.6. The summed E-state index contributed by atoms with van der Waals surface area (Å²) in [4.78, 5) is 0. The Hall–Kier alpha value is -0.160. The number of aliphatic hydroxyl groups excluding tert-OH is 2. The summed E-state index contributed by atoms with van der Waals surface area (Å²) in [5, 5.41) is 17.2. The van der Waals surface area contributed by atoms with Crippen molar-refractivity contribution in [2.75, 3.05) is 13.2 Å². The Kier molecular flexibility index (Phi) is 8.22. The van der Waals surface area contributed by atoms with E-state index < -0.39 is 0 Å². The summed E-state index contributed by atoms with van der Waals surface area (Å²) in [6, 6.07) is 0. The van der Waals surface area contributed by atoms with Gasteiger partial charge in [0, 0.05) is 24.3 Å². The van der Waals surface area contributed by atoms with Crippen molar-refractivity contribution >= 4 is 0 Å². The second-order valence-electron chi connectivity index (χ2n) is 5.81. The molecular weight excluding hydrogens is 204 g/mol. The number of aliphatic hydroxyl groups is 2. The van der Waals surface area contributed by atoms with Crippen LogP contribution in [0.2, 0.25) is 0 Å². The summed E-state index contributed by atoms with van der Waals surface area (Å²) in [6.07, 6.45) is 0. The van der Waals surface area contributed by atoms with E-state index in [4.69, 9.17) is 21.7 Å². The summed E-state index contributed by atoms with van der Waals surface area (Å²) in [5.41, 5.74) is 10.8. The van der Waals surface area contributed by atoms with Crippen molar-refractivity contribution in [3.63, 3.8) is 0 Å². The standard InChI is InChI=1S/2C6H15NO/c2*1-5(4-8)6(2,3)7/h2*5,8H,4,7H2,1-3H3. The summed E-state index contributed by atoms with van der Waals surface area (Å²) in [7, 11) is 0. The molecule has 0 aliphatic rings. The molecule has 0 bridgehead atoms. The molecule has 0 saturated heterocycles. The largest absolute Gasteiger partial charge is 0.396 e. The fourth-order valence-electron chi connectivity index (χ4n) is 0.471. The maximum Gasteiger partial charge on any atom is 0.0473 e. The monoisotopic (exact) mass is 234 g/mol. The van der Waals surface area contributed by atoms with Gasteiger partial charge in [-0.3, -0.25) is 0 Å². The van der Waals surface area contributed by atoms with Crippen LogP contribution in [0.25, 0.3) is 0 Å². The maximum atomic E-state index is 8.59. The first-order valence-electron chi connectivity index (χ1n) is 5.76. The van der Waals surface area contributed by atoms with Crippen molar-refractivity contribution in [1.29, 1.82) is 0 Å². The van der Waals surface area contributed by atoms with Crippen LogP contribution in [0, 0.1) is 11.8 Å². The summed E-state index contributed by atoms with van der Waals surface area (Å²) in [6.45, 7) is 11.8. The lowest BCUT2D eigenvalue weighted by atomic mass is 9.91. The van der Waals surface area contributed by atoms with Crippen molar-refractivity contribution in [2.45, 2.75) is 52.6 Å². The maximum absolute atomic E-state index is 8.59. The molecule has 2 unspecified atom stereocenters. The molecule has 0 aromatic rings. The van der Waals surface area contributed by atoms with E-state index in [-0.39, 0.29) is 36.1 Å². The second kappa shape index (κ2) is 7.22. The Morgan fingerprint density at radius 1 is 0.812 bits per heavy atom. The molecule has 0 aliphatic carbocycles. The van der Waals surface area contributed by atoms with E-state index in [1.807, 2.05) is 41.5 Å². The lowest BCUT2D eigenvalue weighted by Gasteiger charge is -2.24. The molecular formula is C12H30N2O2. The summed E-state index contributed by atoms with van der Waals surface area (Å²) >= 11 is 0. The van der Waals surface area contributed by atoms with Crippen LogP contribution in [0.3, 0.4) is 0 Å². The molecule has 4 nitrogen and oxygen atoms in total. The van der Waals surface area contributed by atoms with Gasteiger partial charge in [-0.05, 0) is 39.5 Å². The average molecular weight is 234 g/mol. The van der Waals surface area contributed by atoms with Crippen LogP contribution >= 0.6 is 0 Å². The van der Waals surface area contributed by atoms with Gasteiger partial charge in [-0.15, -0.1) is 0 Å². The average Bonchev–Trinajstić information content (AvgIpc) is 2.13. The Morgan fingerprint density at radius 3 is 1.00 bits per heavy atom. The molecule has 0 aliphatic heterocycles. The highest BCUT2D eigenvalue weighted by Gasteiger charge is 2.19. The summed E-state index contributed by atoms with van der Waals surface area (Å²) < 4.78 is 0. The van der Waals surface area contributed by atoms with Gasteiger partial charge in [-0.1, -0.05) is 13.8 Å². The molecule has 0 aromatic carbocycles. The van der Waals surface area contributed by atoms with Gasteiger partial charge in [0.05, 0.1) is 0 Å². The molecule has 4 heteroatoms. The van der Waals surface area contributed by atoms with Crippen LogP contribution in [0.15, 0.2) is 0 Å². The molecule has 0 spiro atoms. The molecule has 16 heavy (non-hydrogen) atoms. The van der Waals surface area contributed by atoms with E-state index >= 15 is 0 Å². The topological polar surface area (TPSA) is 92.5 Å². The predicted molar refractivity (Wildman–Crippen MR) is 69.0 cm³/mol. The van der Waals surface area contributed by atoms with Crippen molar-refractivity contribution in [3.05, 3.63) is 0 Å². The number of rotatable bonds is 4. The zero-order chi connectivity index (χ0) is 13.6. The fraction of sp³-hybridized carbons (Fsp3) is 1.00. The van der Waals surface area contributed by atoms with Gasteiger partial charge in [-0.2, -0.15) is 0 Å². The van der Waals surface area contributed by atoms with Crippen molar-refractivity contribution in [3.8, 4) is 0 Å². The lowest BCUT2D eigenvalue weighted by Crippen LogP contribution is -2.41. The third kappa shape index (κ3) is 9.09. The van der Waals surface area contributed by atoms with Crippen LogP contribution in [-0.2, 0) is 0 Å². The van der Waals surface area contributed by atoms with Crippen LogP contribution in [0.4, 0.5) is 0 Å². The van der Waals surface area contributed by atoms with Crippen molar-refractivity contribution in [1.82, 2.24) is 0 Å². The Balaban J connectivity index is 0. The highest BCUT2D eigenvalue weighted by Crippen LogP contribution is 2.10. The lowest BCUT2D eigenvalue weighted by molar-refractivity contribution is 0.183. The van der Waals surface area contributed by atoms with Gasteiger partial charge >= 0.3 is 0 Å². The number of hydrogen-bond donors (Lipinski definition) is 4. The molecule has 0 saturated carbocycles. The van der Waals surface area contributed by atoms with E-state index in [2.05, 4.69) is 0 Å². The number of hydrogen-bond acceptors (Lipinski definition) is 4. The predicted octanol–water partition coefficient (Wildman–Crippen LogP) is 0.704. The molecule has 6 N–H and O–H groups in total. The van der Waals surface area contributed by atoms with E-state index in [1.54, 1.807) is 0 Å². The minimum Gasteiger partial charge on any atom is -0.396 e. The van der Waals surface area contributed by atoms with Gasteiger partial charge in [0.15, 0.2) is 0 Å². The first-order chi connectivity index (χ1) is 6.96. The quantitative estimate of drug-likeness (QED) is 0.576. The molecule has 0 fully saturated rings. The van der Waals surface area contributed by atoms with Gasteiger partial charge < -0.3 is 21.7 Å². The van der Waals surface area contributed by atoms with Crippen LogP contribution in [0.5, 0.6) is 0 Å². The van der Waals surface area contributed by atoms with Crippen molar-refractivity contribution < 1.29 is 10.2 Å². The van der Waals surface area contributed by atoms with Gasteiger partial charge in [0.1, 0.15) is 0 Å². The third-order valence-electron chi connectivity index (χ3n) is 3.09. The molecule has 0 rings (SSSR count). The van der Waals surface area contributed by atoms with Crippen LogP contribution in [-0.4, -0.2) is 34.5 Å². The highest BCUT2D eigenvalue weighted by atomic mass is 16.3. The van der Waals surface area contributed by atoms with Crippen LogP contribution < -0.4 is 11.5 Å². The van der Waals surface area contributed by atoms with E-state index in [0.29, 0.717) is 0 Å². The Morgan fingerprint density at radius 2 is 1.00 bits per heavy atom. The van der Waals surface area contributed by atoms with Crippen LogP contribution in [0.1, 0.15) is 41.5 Å². The fourth-order valence-corrected chi connectivity index (χ4v) is 0.471. The number of nitrogens with two attached hydrogens (primary N) is 2. The molecule has 0 radical (unpaired) electrons. The minimum absolute atomic E-state index is 0.170. The molecule has 0 amide bonds. The highest BCUT2D eigenvalue weighted by molar-refractivity contribution is 4.78. The van der Waals surface area contributed by atoms with E-state index in [1.165, 1.54) is 0 Å². The smallest absolute Gasteiger partial charge is 0.0473 e. The van der Waals surface area contributed by atoms with Crippen molar-refractivity contribution in [2.24, 2.45) is 23.3 Å². The second-order valence-corrected chi connectivity index (χ2v) is 5.81. The van der Waals surface area contributed by atoms with E-state index in [9.17, 15) is 0 Å². The SMILES string of the molecule is CC(CO)C(C)(C)N.CC(CO)C(C)(C)N.